The van der Waals surface area contributed by atoms with Crippen molar-refractivity contribution in [1.82, 2.24) is 20.0 Å². The van der Waals surface area contributed by atoms with Crippen LogP contribution in [0.4, 0.5) is 0 Å². The first-order valence-electron chi connectivity index (χ1n) is 9.28. The van der Waals surface area contributed by atoms with E-state index in [1.807, 2.05) is 5.51 Å². The molecule has 0 amide bonds. The van der Waals surface area contributed by atoms with E-state index in [4.69, 9.17) is 19.0 Å². The molecular formula is C18H26N4O3S. The highest BCUT2D eigenvalue weighted by atomic mass is 32.1. The summed E-state index contributed by atoms with van der Waals surface area (Å²) in [7, 11) is 1.75. The van der Waals surface area contributed by atoms with Crippen LogP contribution in [0.5, 0.6) is 0 Å². The van der Waals surface area contributed by atoms with Gasteiger partial charge in [0.25, 0.3) is 5.89 Å². The average Bonchev–Trinajstić information content (AvgIpc) is 3.34. The fourth-order valence-corrected chi connectivity index (χ4v) is 4.62. The zero-order chi connectivity index (χ0) is 18.0. The van der Waals surface area contributed by atoms with E-state index in [-0.39, 0.29) is 0 Å². The molecule has 0 spiro atoms. The molecule has 2 saturated heterocycles. The van der Waals surface area contributed by atoms with Crippen LogP contribution < -0.4 is 0 Å². The Balaban J connectivity index is 1.42. The number of methoxy groups -OCH3 is 1. The van der Waals surface area contributed by atoms with Gasteiger partial charge >= 0.3 is 0 Å². The molecule has 26 heavy (non-hydrogen) atoms. The minimum atomic E-state index is -0.463. The molecule has 0 aromatic carbocycles. The zero-order valence-corrected chi connectivity index (χ0v) is 16.3. The maximum Gasteiger partial charge on any atom is 0.258 e. The Hall–Kier alpha value is -1.35. The van der Waals surface area contributed by atoms with Crippen molar-refractivity contribution < 1.29 is 14.0 Å². The van der Waals surface area contributed by atoms with Gasteiger partial charge in [0.1, 0.15) is 5.60 Å². The van der Waals surface area contributed by atoms with Gasteiger partial charge in [-0.1, -0.05) is 5.16 Å². The Kier molecular flexibility index (Phi) is 5.35. The Bertz CT molecular complexity index is 718. The lowest BCUT2D eigenvalue weighted by molar-refractivity contribution is -0.0837. The van der Waals surface area contributed by atoms with Crippen molar-refractivity contribution in [3.05, 3.63) is 27.8 Å². The van der Waals surface area contributed by atoms with Gasteiger partial charge in [0, 0.05) is 50.8 Å². The maximum absolute atomic E-state index is 5.92. The van der Waals surface area contributed by atoms with Crippen LogP contribution in [-0.2, 0) is 21.6 Å². The predicted molar refractivity (Wildman–Crippen MR) is 97.1 cm³/mol. The molecule has 2 aliphatic heterocycles. The second kappa shape index (κ2) is 7.72. The minimum Gasteiger partial charge on any atom is -0.381 e. The number of rotatable bonds is 5. The fourth-order valence-electron chi connectivity index (χ4n) is 3.80. The van der Waals surface area contributed by atoms with Gasteiger partial charge in [-0.25, -0.2) is 4.98 Å². The smallest absolute Gasteiger partial charge is 0.258 e. The van der Waals surface area contributed by atoms with Gasteiger partial charge in [0.15, 0.2) is 5.82 Å². The van der Waals surface area contributed by atoms with E-state index >= 15 is 0 Å². The molecular weight excluding hydrogens is 352 g/mol. The van der Waals surface area contributed by atoms with Crippen molar-refractivity contribution in [2.24, 2.45) is 0 Å². The number of thiazole rings is 1. The van der Waals surface area contributed by atoms with Crippen molar-refractivity contribution >= 4 is 11.3 Å². The molecule has 0 saturated carbocycles. The van der Waals surface area contributed by atoms with E-state index in [0.29, 0.717) is 11.8 Å². The molecule has 142 valence electrons. The van der Waals surface area contributed by atoms with Gasteiger partial charge in [0.05, 0.1) is 11.2 Å². The van der Waals surface area contributed by atoms with Crippen LogP contribution in [0.2, 0.25) is 0 Å². The van der Waals surface area contributed by atoms with Crippen LogP contribution in [0.15, 0.2) is 10.0 Å². The number of hydrogen-bond acceptors (Lipinski definition) is 8. The van der Waals surface area contributed by atoms with Crippen LogP contribution in [0.1, 0.15) is 53.9 Å². The third-order valence-electron chi connectivity index (χ3n) is 5.68. The van der Waals surface area contributed by atoms with E-state index in [0.717, 1.165) is 70.0 Å². The van der Waals surface area contributed by atoms with Crippen molar-refractivity contribution in [3.63, 3.8) is 0 Å². The molecule has 0 aliphatic carbocycles. The van der Waals surface area contributed by atoms with Gasteiger partial charge in [-0.2, -0.15) is 4.98 Å². The lowest BCUT2D eigenvalue weighted by Gasteiger charge is -2.38. The molecule has 2 aliphatic rings. The number of aromatic nitrogens is 3. The molecule has 0 N–H and O–H groups in total. The molecule has 4 rings (SSSR count). The van der Waals surface area contributed by atoms with E-state index in [9.17, 15) is 0 Å². The van der Waals surface area contributed by atoms with E-state index in [2.05, 4.69) is 22.0 Å². The summed E-state index contributed by atoms with van der Waals surface area (Å²) in [5, 5.41) is 4.26. The van der Waals surface area contributed by atoms with Gasteiger partial charge in [-0.05, 0) is 32.6 Å². The van der Waals surface area contributed by atoms with Crippen molar-refractivity contribution in [1.29, 1.82) is 0 Å². The topological polar surface area (TPSA) is 73.5 Å². The summed E-state index contributed by atoms with van der Waals surface area (Å²) in [6.45, 7) is 6.46. The standard InChI is InChI=1S/C18H26N4O3S/c1-13-15(26-12-19-13)11-22-7-5-18(23-2,6-8-22)17-20-16(21-25-17)14-3-9-24-10-4-14/h12,14H,3-11H2,1-2H3. The summed E-state index contributed by atoms with van der Waals surface area (Å²) < 4.78 is 17.0. The number of likely N-dealkylation sites (tertiary alicyclic amines) is 1. The van der Waals surface area contributed by atoms with Crippen LogP contribution >= 0.6 is 11.3 Å². The quantitative estimate of drug-likeness (QED) is 0.792. The molecule has 0 radical (unpaired) electrons. The predicted octanol–water partition coefficient (Wildman–Crippen LogP) is 2.87. The molecule has 8 heteroatoms. The minimum absolute atomic E-state index is 0.338. The first-order chi connectivity index (χ1) is 12.7. The lowest BCUT2D eigenvalue weighted by atomic mass is 9.90. The Morgan fingerprint density at radius 2 is 2.08 bits per heavy atom. The van der Waals surface area contributed by atoms with E-state index in [1.165, 1.54) is 4.88 Å². The van der Waals surface area contributed by atoms with Crippen molar-refractivity contribution in [3.8, 4) is 0 Å². The van der Waals surface area contributed by atoms with Crippen LogP contribution in [0, 0.1) is 6.92 Å². The average molecular weight is 378 g/mol. The van der Waals surface area contributed by atoms with Crippen molar-refractivity contribution in [2.75, 3.05) is 33.4 Å². The maximum atomic E-state index is 5.92. The summed E-state index contributed by atoms with van der Waals surface area (Å²) >= 11 is 1.73. The molecule has 2 aromatic heterocycles. The number of hydrogen-bond donors (Lipinski definition) is 0. The first-order valence-corrected chi connectivity index (χ1v) is 10.2. The second-order valence-corrected chi connectivity index (χ2v) is 8.12. The highest BCUT2D eigenvalue weighted by Gasteiger charge is 2.42. The molecule has 2 fully saturated rings. The van der Waals surface area contributed by atoms with Crippen molar-refractivity contribution in [2.45, 2.75) is 50.7 Å². The van der Waals surface area contributed by atoms with Gasteiger partial charge < -0.3 is 14.0 Å². The zero-order valence-electron chi connectivity index (χ0n) is 15.4. The van der Waals surface area contributed by atoms with Gasteiger partial charge in [-0.3, -0.25) is 4.90 Å². The summed E-state index contributed by atoms with van der Waals surface area (Å²) in [6, 6.07) is 0. The monoisotopic (exact) mass is 378 g/mol. The Morgan fingerprint density at radius 3 is 2.73 bits per heavy atom. The highest BCUT2D eigenvalue weighted by molar-refractivity contribution is 7.09. The normalized spacial score (nSPS) is 21.9. The number of ether oxygens (including phenoxy) is 2. The lowest BCUT2D eigenvalue weighted by Crippen LogP contribution is -2.43. The number of nitrogens with zero attached hydrogens (tertiary/aromatic N) is 4. The van der Waals surface area contributed by atoms with E-state index < -0.39 is 5.60 Å². The Labute approximate surface area is 157 Å². The third kappa shape index (κ3) is 3.55. The third-order valence-corrected chi connectivity index (χ3v) is 6.60. The van der Waals surface area contributed by atoms with Crippen LogP contribution in [0.25, 0.3) is 0 Å². The van der Waals surface area contributed by atoms with Gasteiger partial charge in [0.2, 0.25) is 0 Å². The number of aryl methyl sites for hydroxylation is 1. The molecule has 7 nitrogen and oxygen atoms in total. The largest absolute Gasteiger partial charge is 0.381 e. The molecule has 0 unspecified atom stereocenters. The summed E-state index contributed by atoms with van der Waals surface area (Å²) in [6.07, 6.45) is 3.63. The molecule has 0 atom stereocenters. The van der Waals surface area contributed by atoms with Crippen LogP contribution in [0.3, 0.4) is 0 Å². The number of piperidine rings is 1. The summed E-state index contributed by atoms with van der Waals surface area (Å²) in [5.41, 5.74) is 2.59. The first kappa shape index (κ1) is 18.0. The summed E-state index contributed by atoms with van der Waals surface area (Å²) in [5.74, 6) is 1.78. The second-order valence-electron chi connectivity index (χ2n) is 7.18. The van der Waals surface area contributed by atoms with Gasteiger partial charge in [-0.15, -0.1) is 11.3 Å². The Morgan fingerprint density at radius 1 is 1.31 bits per heavy atom. The highest BCUT2D eigenvalue weighted by Crippen LogP contribution is 2.37. The van der Waals surface area contributed by atoms with E-state index in [1.54, 1.807) is 18.4 Å². The molecule has 0 bridgehead atoms. The van der Waals surface area contributed by atoms with Crippen LogP contribution in [-0.4, -0.2) is 53.4 Å². The molecule has 4 heterocycles. The molecule has 2 aromatic rings. The fraction of sp³-hybridized carbons (Fsp3) is 0.722. The SMILES string of the molecule is COC1(c2nc(C3CCOCC3)no2)CCN(Cc2scnc2C)CC1. The summed E-state index contributed by atoms with van der Waals surface area (Å²) in [4.78, 5) is 12.9.